The Hall–Kier alpha value is -2.48. The molecule has 8 heteroatoms. The first-order valence-corrected chi connectivity index (χ1v) is 6.78. The lowest BCUT2D eigenvalue weighted by atomic mass is 10.2. The van der Waals surface area contributed by atoms with Crippen molar-refractivity contribution in [3.63, 3.8) is 0 Å². The molecule has 0 fully saturated rings. The smallest absolute Gasteiger partial charge is 0.287 e. The molecular weight excluding hydrogens is 340 g/mol. The van der Waals surface area contributed by atoms with Crippen LogP contribution in [-0.4, -0.2) is 21.0 Å². The first-order valence-electron chi connectivity index (χ1n) is 5.99. The molecule has 0 unspecified atom stereocenters. The van der Waals surface area contributed by atoms with Gasteiger partial charge in [-0.15, -0.1) is 0 Å². The molecule has 3 heterocycles. The topological polar surface area (TPSA) is 94.1 Å². The number of amides is 1. The highest BCUT2D eigenvalue weighted by Crippen LogP contribution is 2.15. The molecule has 3 aromatic rings. The summed E-state index contributed by atoms with van der Waals surface area (Å²) >= 11 is 3.13. The van der Waals surface area contributed by atoms with E-state index in [0.717, 1.165) is 5.56 Å². The number of nitrogens with zero attached hydrogens (tertiary/aromatic N) is 3. The number of aromatic nitrogens is 3. The van der Waals surface area contributed by atoms with Crippen LogP contribution in [-0.2, 0) is 6.54 Å². The van der Waals surface area contributed by atoms with E-state index in [1.165, 1.54) is 0 Å². The largest absolute Gasteiger partial charge is 0.444 e. The number of hydrogen-bond donors (Lipinski definition) is 1. The van der Waals surface area contributed by atoms with Gasteiger partial charge in [0.15, 0.2) is 10.4 Å². The summed E-state index contributed by atoms with van der Waals surface area (Å²) in [6.45, 7) is 0.120. The SMILES string of the molecule is O=C(NCc1nc(-c2ccncc2)no1)c1ccc(Br)o1. The lowest BCUT2D eigenvalue weighted by Gasteiger charge is -1.98. The maximum absolute atomic E-state index is 11.8. The van der Waals surface area contributed by atoms with Gasteiger partial charge in [-0.25, -0.2) is 0 Å². The Labute approximate surface area is 127 Å². The molecule has 106 valence electrons. The van der Waals surface area contributed by atoms with Gasteiger partial charge in [0.25, 0.3) is 5.91 Å². The first kappa shape index (κ1) is 13.5. The Balaban J connectivity index is 1.64. The van der Waals surface area contributed by atoms with Crippen molar-refractivity contribution in [2.24, 2.45) is 0 Å². The number of hydrogen-bond acceptors (Lipinski definition) is 6. The van der Waals surface area contributed by atoms with E-state index in [0.29, 0.717) is 16.4 Å². The average Bonchev–Trinajstić information content (AvgIpc) is 3.15. The number of pyridine rings is 1. The normalized spacial score (nSPS) is 10.5. The molecule has 3 rings (SSSR count). The summed E-state index contributed by atoms with van der Waals surface area (Å²) in [4.78, 5) is 19.9. The van der Waals surface area contributed by atoms with Crippen molar-refractivity contribution in [3.05, 3.63) is 53.0 Å². The molecule has 0 radical (unpaired) electrons. The molecule has 21 heavy (non-hydrogen) atoms. The summed E-state index contributed by atoms with van der Waals surface area (Å²) < 4.78 is 10.7. The Morgan fingerprint density at radius 2 is 2.05 bits per heavy atom. The van der Waals surface area contributed by atoms with E-state index in [2.05, 4.69) is 36.4 Å². The molecule has 0 saturated heterocycles. The van der Waals surface area contributed by atoms with Crippen molar-refractivity contribution < 1.29 is 13.7 Å². The van der Waals surface area contributed by atoms with E-state index in [1.807, 2.05) is 0 Å². The number of nitrogens with one attached hydrogen (secondary N) is 1. The second-order valence-corrected chi connectivity index (χ2v) is 4.82. The first-order chi connectivity index (χ1) is 10.2. The molecule has 0 aliphatic heterocycles. The van der Waals surface area contributed by atoms with Crippen molar-refractivity contribution in [2.45, 2.75) is 6.54 Å². The minimum atomic E-state index is -0.357. The maximum Gasteiger partial charge on any atom is 0.287 e. The Morgan fingerprint density at radius 3 is 2.76 bits per heavy atom. The zero-order valence-electron chi connectivity index (χ0n) is 10.6. The third-order valence-corrected chi connectivity index (χ3v) is 3.03. The fourth-order valence-electron chi connectivity index (χ4n) is 1.62. The molecule has 3 aromatic heterocycles. The zero-order valence-corrected chi connectivity index (χ0v) is 12.2. The molecule has 1 amide bonds. The average molecular weight is 349 g/mol. The molecule has 0 atom stereocenters. The fraction of sp³-hybridized carbons (Fsp3) is 0.0769. The van der Waals surface area contributed by atoms with Crippen molar-refractivity contribution >= 4 is 21.8 Å². The van der Waals surface area contributed by atoms with Crippen LogP contribution in [0.5, 0.6) is 0 Å². The summed E-state index contributed by atoms with van der Waals surface area (Å²) in [6.07, 6.45) is 3.28. The number of carbonyl (C=O) groups excluding carboxylic acids is 1. The molecule has 0 aromatic carbocycles. The van der Waals surface area contributed by atoms with Gasteiger partial charge in [0, 0.05) is 18.0 Å². The molecule has 0 aliphatic rings. The summed E-state index contributed by atoms with van der Waals surface area (Å²) in [6, 6.07) is 6.75. The maximum atomic E-state index is 11.8. The number of rotatable bonds is 4. The van der Waals surface area contributed by atoms with Crippen molar-refractivity contribution in [2.75, 3.05) is 0 Å². The third kappa shape index (κ3) is 3.16. The van der Waals surface area contributed by atoms with Gasteiger partial charge in [-0.2, -0.15) is 4.98 Å². The van der Waals surface area contributed by atoms with Gasteiger partial charge < -0.3 is 14.3 Å². The molecular formula is C13H9BrN4O3. The summed E-state index contributed by atoms with van der Waals surface area (Å²) in [7, 11) is 0. The van der Waals surface area contributed by atoms with E-state index in [9.17, 15) is 4.79 Å². The minimum Gasteiger partial charge on any atom is -0.444 e. The van der Waals surface area contributed by atoms with E-state index in [-0.39, 0.29) is 18.2 Å². The van der Waals surface area contributed by atoms with Gasteiger partial charge in [0.05, 0.1) is 6.54 Å². The monoisotopic (exact) mass is 348 g/mol. The zero-order chi connectivity index (χ0) is 14.7. The van der Waals surface area contributed by atoms with Crippen LogP contribution >= 0.6 is 15.9 Å². The van der Waals surface area contributed by atoms with Gasteiger partial charge in [0.2, 0.25) is 11.7 Å². The van der Waals surface area contributed by atoms with Crippen LogP contribution in [0.4, 0.5) is 0 Å². The number of carbonyl (C=O) groups is 1. The molecule has 0 saturated carbocycles. The number of halogens is 1. The molecule has 1 N–H and O–H groups in total. The van der Waals surface area contributed by atoms with Crippen LogP contribution in [0.15, 0.2) is 50.3 Å². The van der Waals surface area contributed by atoms with Crippen LogP contribution in [0, 0.1) is 0 Å². The van der Waals surface area contributed by atoms with Gasteiger partial charge >= 0.3 is 0 Å². The standard InChI is InChI=1S/C13H9BrN4O3/c14-10-2-1-9(20-10)13(19)16-7-11-17-12(18-21-11)8-3-5-15-6-4-8/h1-6H,7H2,(H,16,19). The number of furan rings is 1. The van der Waals surface area contributed by atoms with Gasteiger partial charge in [-0.05, 0) is 40.2 Å². The van der Waals surface area contributed by atoms with E-state index >= 15 is 0 Å². The van der Waals surface area contributed by atoms with Crippen LogP contribution in [0.1, 0.15) is 16.4 Å². The summed E-state index contributed by atoms with van der Waals surface area (Å²) in [5, 5.41) is 6.48. The summed E-state index contributed by atoms with van der Waals surface area (Å²) in [5.41, 5.74) is 0.793. The fourth-order valence-corrected chi connectivity index (χ4v) is 1.93. The second-order valence-electron chi connectivity index (χ2n) is 4.03. The quantitative estimate of drug-likeness (QED) is 0.777. The lowest BCUT2D eigenvalue weighted by Crippen LogP contribution is -2.22. The van der Waals surface area contributed by atoms with Crippen LogP contribution in [0.25, 0.3) is 11.4 Å². The molecule has 0 bridgehead atoms. The highest BCUT2D eigenvalue weighted by molar-refractivity contribution is 9.10. The van der Waals surface area contributed by atoms with Gasteiger partial charge in [-0.3, -0.25) is 9.78 Å². The Morgan fingerprint density at radius 1 is 1.24 bits per heavy atom. The minimum absolute atomic E-state index is 0.120. The van der Waals surface area contributed by atoms with E-state index in [4.69, 9.17) is 8.94 Å². The Kier molecular flexibility index (Phi) is 3.78. The van der Waals surface area contributed by atoms with E-state index < -0.39 is 0 Å². The molecule has 7 nitrogen and oxygen atoms in total. The van der Waals surface area contributed by atoms with Gasteiger partial charge in [0.1, 0.15) is 0 Å². The predicted molar refractivity (Wildman–Crippen MR) is 75.1 cm³/mol. The van der Waals surface area contributed by atoms with E-state index in [1.54, 1.807) is 36.7 Å². The highest BCUT2D eigenvalue weighted by atomic mass is 79.9. The highest BCUT2D eigenvalue weighted by Gasteiger charge is 2.13. The van der Waals surface area contributed by atoms with Crippen LogP contribution < -0.4 is 5.32 Å². The van der Waals surface area contributed by atoms with Crippen LogP contribution in [0.3, 0.4) is 0 Å². The third-order valence-electron chi connectivity index (χ3n) is 2.60. The predicted octanol–water partition coefficient (Wildman–Crippen LogP) is 2.42. The lowest BCUT2D eigenvalue weighted by molar-refractivity contribution is 0.0917. The Bertz CT molecular complexity index is 754. The molecule has 0 aliphatic carbocycles. The van der Waals surface area contributed by atoms with Crippen molar-refractivity contribution in [3.8, 4) is 11.4 Å². The van der Waals surface area contributed by atoms with Crippen LogP contribution in [0.2, 0.25) is 0 Å². The second kappa shape index (κ2) is 5.88. The molecule has 0 spiro atoms. The van der Waals surface area contributed by atoms with Gasteiger partial charge in [-0.1, -0.05) is 5.16 Å². The summed E-state index contributed by atoms with van der Waals surface area (Å²) in [5.74, 6) is 0.600. The van der Waals surface area contributed by atoms with Crippen molar-refractivity contribution in [1.29, 1.82) is 0 Å². The van der Waals surface area contributed by atoms with Crippen molar-refractivity contribution in [1.82, 2.24) is 20.4 Å².